The normalized spacial score (nSPS) is 11.7. The molecule has 0 atom stereocenters. The van der Waals surface area contributed by atoms with E-state index >= 15 is 0 Å². The maximum atomic E-state index is 14.8. The van der Waals surface area contributed by atoms with Crippen molar-refractivity contribution in [1.82, 2.24) is 15.3 Å². The molecular formula is C21H26F2N6S. The monoisotopic (exact) mass is 432 g/mol. The number of benzene rings is 1. The van der Waals surface area contributed by atoms with E-state index in [-0.39, 0.29) is 28.0 Å². The summed E-state index contributed by atoms with van der Waals surface area (Å²) in [5.74, 6) is 3.78. The molecule has 160 valence electrons. The first-order chi connectivity index (χ1) is 14.1. The van der Waals surface area contributed by atoms with Crippen molar-refractivity contribution < 1.29 is 8.78 Å². The van der Waals surface area contributed by atoms with Gasteiger partial charge in [0.2, 0.25) is 0 Å². The summed E-state index contributed by atoms with van der Waals surface area (Å²) in [5, 5.41) is 4.35. The molecule has 9 heteroatoms. The molecular weight excluding hydrogens is 406 g/mol. The molecule has 6 N–H and O–H groups in total. The average molecular weight is 433 g/mol. The number of halogens is 2. The third kappa shape index (κ3) is 4.75. The number of nitrogens with zero attached hydrogens (tertiary/aromatic N) is 2. The molecule has 0 unspecified atom stereocenters. The van der Waals surface area contributed by atoms with Gasteiger partial charge in [0.1, 0.15) is 16.5 Å². The number of hydrazine groups is 1. The van der Waals surface area contributed by atoms with Crippen LogP contribution in [0.25, 0.3) is 21.8 Å². The van der Waals surface area contributed by atoms with Gasteiger partial charge in [-0.05, 0) is 30.5 Å². The Hall–Kier alpha value is -2.62. The third-order valence-electron chi connectivity index (χ3n) is 4.43. The van der Waals surface area contributed by atoms with Gasteiger partial charge in [-0.1, -0.05) is 26.8 Å². The molecule has 0 fully saturated rings. The van der Waals surface area contributed by atoms with Crippen LogP contribution in [0.4, 0.5) is 20.2 Å². The lowest BCUT2D eigenvalue weighted by Gasteiger charge is -2.18. The number of rotatable bonds is 6. The maximum Gasteiger partial charge on any atom is 0.159 e. The van der Waals surface area contributed by atoms with E-state index in [1.54, 1.807) is 12.1 Å². The van der Waals surface area contributed by atoms with Gasteiger partial charge < -0.3 is 16.5 Å². The largest absolute Gasteiger partial charge is 0.395 e. The van der Waals surface area contributed by atoms with Gasteiger partial charge in [-0.25, -0.2) is 18.7 Å². The summed E-state index contributed by atoms with van der Waals surface area (Å²) in [6, 6.07) is 6.21. The van der Waals surface area contributed by atoms with Crippen LogP contribution in [0.3, 0.4) is 0 Å². The molecule has 2 aromatic heterocycles. The van der Waals surface area contributed by atoms with Gasteiger partial charge in [0.05, 0.1) is 27.6 Å². The summed E-state index contributed by atoms with van der Waals surface area (Å²) in [7, 11) is 0. The molecule has 3 rings (SSSR count). The van der Waals surface area contributed by atoms with Crippen LogP contribution >= 0.6 is 11.3 Å². The number of hydrogen-bond acceptors (Lipinski definition) is 7. The molecule has 0 saturated heterocycles. The SMILES string of the molecule is Cc1nc(CNCC(C)(C)C)sc1-c1cccc(-c2cc(F)c(N)c(NN)c2F)n1. The van der Waals surface area contributed by atoms with Crippen LogP contribution in [-0.4, -0.2) is 16.5 Å². The van der Waals surface area contributed by atoms with Crippen molar-refractivity contribution >= 4 is 22.7 Å². The molecule has 0 saturated carbocycles. The molecule has 0 aliphatic heterocycles. The van der Waals surface area contributed by atoms with E-state index in [4.69, 9.17) is 11.6 Å². The lowest BCUT2D eigenvalue weighted by Crippen LogP contribution is -2.26. The fourth-order valence-electron chi connectivity index (χ4n) is 2.99. The van der Waals surface area contributed by atoms with E-state index in [0.29, 0.717) is 12.2 Å². The minimum absolute atomic E-state index is 0.0225. The Morgan fingerprint density at radius 2 is 1.83 bits per heavy atom. The van der Waals surface area contributed by atoms with Crippen LogP contribution in [0.1, 0.15) is 31.5 Å². The zero-order valence-corrected chi connectivity index (χ0v) is 18.3. The lowest BCUT2D eigenvalue weighted by molar-refractivity contribution is 0.379. The molecule has 0 spiro atoms. The van der Waals surface area contributed by atoms with Crippen LogP contribution in [0, 0.1) is 24.0 Å². The van der Waals surface area contributed by atoms with Crippen molar-refractivity contribution in [3.63, 3.8) is 0 Å². The van der Waals surface area contributed by atoms with Crippen LogP contribution < -0.4 is 22.3 Å². The van der Waals surface area contributed by atoms with Crippen molar-refractivity contribution in [2.24, 2.45) is 11.3 Å². The van der Waals surface area contributed by atoms with Crippen LogP contribution in [0.15, 0.2) is 24.3 Å². The second-order valence-corrected chi connectivity index (χ2v) is 9.33. The first-order valence-corrected chi connectivity index (χ1v) is 10.3. The van der Waals surface area contributed by atoms with Gasteiger partial charge in [-0.15, -0.1) is 11.3 Å². The summed E-state index contributed by atoms with van der Waals surface area (Å²) in [6.45, 7) is 9.93. The van der Waals surface area contributed by atoms with Crippen molar-refractivity contribution in [1.29, 1.82) is 0 Å². The summed E-state index contributed by atoms with van der Waals surface area (Å²) >= 11 is 1.53. The fourth-order valence-corrected chi connectivity index (χ4v) is 3.99. The van der Waals surface area contributed by atoms with E-state index in [0.717, 1.165) is 28.2 Å². The van der Waals surface area contributed by atoms with E-state index in [2.05, 4.69) is 41.5 Å². The highest BCUT2D eigenvalue weighted by Gasteiger charge is 2.19. The van der Waals surface area contributed by atoms with E-state index in [1.807, 2.05) is 13.0 Å². The lowest BCUT2D eigenvalue weighted by atomic mass is 9.97. The Bertz CT molecular complexity index is 1060. The van der Waals surface area contributed by atoms with Gasteiger partial charge in [0.25, 0.3) is 0 Å². The predicted octanol–water partition coefficient (Wildman–Crippen LogP) is 4.46. The van der Waals surface area contributed by atoms with Gasteiger partial charge in [0.15, 0.2) is 5.82 Å². The number of nitrogens with one attached hydrogen (secondary N) is 2. The van der Waals surface area contributed by atoms with Crippen molar-refractivity contribution in [3.8, 4) is 21.8 Å². The van der Waals surface area contributed by atoms with Gasteiger partial charge in [0, 0.05) is 18.7 Å². The summed E-state index contributed by atoms with van der Waals surface area (Å²) in [4.78, 5) is 10.1. The molecule has 0 aliphatic rings. The number of thiazole rings is 1. The Morgan fingerprint density at radius 3 is 2.50 bits per heavy atom. The molecule has 3 aromatic rings. The highest BCUT2D eigenvalue weighted by Crippen LogP contribution is 2.35. The Kier molecular flexibility index (Phi) is 6.35. The minimum Gasteiger partial charge on any atom is -0.395 e. The second-order valence-electron chi connectivity index (χ2n) is 8.25. The molecule has 0 radical (unpaired) electrons. The summed E-state index contributed by atoms with van der Waals surface area (Å²) in [6.07, 6.45) is 0. The molecule has 0 bridgehead atoms. The van der Waals surface area contributed by atoms with Crippen molar-refractivity contribution in [3.05, 3.63) is 46.6 Å². The number of nitrogens with two attached hydrogens (primary N) is 2. The topological polar surface area (TPSA) is 102 Å². The van der Waals surface area contributed by atoms with Crippen molar-refractivity contribution in [2.75, 3.05) is 17.7 Å². The average Bonchev–Trinajstić information content (AvgIpc) is 3.05. The van der Waals surface area contributed by atoms with Gasteiger partial charge >= 0.3 is 0 Å². The third-order valence-corrected chi connectivity index (χ3v) is 5.61. The zero-order valence-electron chi connectivity index (χ0n) is 17.4. The van der Waals surface area contributed by atoms with E-state index in [9.17, 15) is 8.78 Å². The maximum absolute atomic E-state index is 14.8. The van der Waals surface area contributed by atoms with E-state index in [1.165, 1.54) is 11.3 Å². The number of aromatic nitrogens is 2. The quantitative estimate of drug-likeness (QED) is 0.261. The second kappa shape index (κ2) is 8.63. The number of hydrogen-bond donors (Lipinski definition) is 4. The predicted molar refractivity (Wildman–Crippen MR) is 119 cm³/mol. The fraction of sp³-hybridized carbons (Fsp3) is 0.333. The number of aryl methyl sites for hydroxylation is 1. The summed E-state index contributed by atoms with van der Waals surface area (Å²) in [5.41, 5.74) is 8.93. The number of anilines is 2. The number of nitrogen functional groups attached to an aromatic ring is 2. The Balaban J connectivity index is 1.93. The molecule has 1 aromatic carbocycles. The highest BCUT2D eigenvalue weighted by atomic mass is 32.1. The van der Waals surface area contributed by atoms with Crippen molar-refractivity contribution in [2.45, 2.75) is 34.2 Å². The Labute approximate surface area is 178 Å². The molecule has 6 nitrogen and oxygen atoms in total. The number of pyridine rings is 1. The first kappa shape index (κ1) is 22.1. The van der Waals surface area contributed by atoms with Crippen LogP contribution in [0.5, 0.6) is 0 Å². The van der Waals surface area contributed by atoms with Crippen LogP contribution in [0.2, 0.25) is 0 Å². The van der Waals surface area contributed by atoms with Gasteiger partial charge in [-0.2, -0.15) is 0 Å². The molecule has 0 aliphatic carbocycles. The van der Waals surface area contributed by atoms with E-state index < -0.39 is 11.6 Å². The van der Waals surface area contributed by atoms with Crippen LogP contribution in [-0.2, 0) is 6.54 Å². The Morgan fingerprint density at radius 1 is 1.13 bits per heavy atom. The van der Waals surface area contributed by atoms with Gasteiger partial charge in [-0.3, -0.25) is 5.84 Å². The molecule has 0 amide bonds. The standard InChI is InChI=1S/C21H26F2N6S/c1-11-20(30-16(27-11)9-26-10-21(2,3)4)15-7-5-6-14(28-15)12-8-13(22)18(24)19(29-25)17(12)23/h5-8,26,29H,9-10,24-25H2,1-4H3. The summed E-state index contributed by atoms with van der Waals surface area (Å²) < 4.78 is 29.0. The molecule has 2 heterocycles. The smallest absolute Gasteiger partial charge is 0.159 e. The molecule has 30 heavy (non-hydrogen) atoms. The first-order valence-electron chi connectivity index (χ1n) is 9.49. The zero-order chi connectivity index (χ0) is 22.1. The highest BCUT2D eigenvalue weighted by molar-refractivity contribution is 7.15. The minimum atomic E-state index is -0.771.